The van der Waals surface area contributed by atoms with Crippen molar-refractivity contribution in [3.63, 3.8) is 0 Å². The largest absolute Gasteiger partial charge is 0.492 e. The van der Waals surface area contributed by atoms with Crippen molar-refractivity contribution >= 4 is 32.7 Å². The van der Waals surface area contributed by atoms with Crippen molar-refractivity contribution < 1.29 is 14.3 Å². The van der Waals surface area contributed by atoms with Crippen molar-refractivity contribution in [2.24, 2.45) is 0 Å². The second-order valence-electron chi connectivity index (χ2n) is 5.39. The molecule has 122 valence electrons. The number of halogens is 1. The minimum absolute atomic E-state index is 0.395. The molecule has 0 radical (unpaired) electrons. The third-order valence-corrected chi connectivity index (χ3v) is 4.18. The number of benzene rings is 3. The lowest BCUT2D eigenvalue weighted by Gasteiger charge is -2.09. The standard InChI is InChI=1S/C20H17BrO3/c1-2-11-23-19-10-8-16(13-18(19)21)20(22)24-17-9-7-14-5-3-4-6-15(14)12-17/h3-10,12-13H,2,11H2,1H3. The predicted octanol–water partition coefficient (Wildman–Crippen LogP) is 5.61. The average molecular weight is 385 g/mol. The zero-order valence-corrected chi connectivity index (χ0v) is 14.9. The Bertz CT molecular complexity index is 874. The number of carbonyl (C=O) groups excluding carboxylic acids is 1. The van der Waals surface area contributed by atoms with Crippen molar-refractivity contribution in [3.8, 4) is 11.5 Å². The van der Waals surface area contributed by atoms with Crippen molar-refractivity contribution in [3.05, 3.63) is 70.7 Å². The van der Waals surface area contributed by atoms with Gasteiger partial charge in [0.15, 0.2) is 0 Å². The fraction of sp³-hybridized carbons (Fsp3) is 0.150. The quantitative estimate of drug-likeness (QED) is 0.423. The summed E-state index contributed by atoms with van der Waals surface area (Å²) in [6.07, 6.45) is 0.929. The normalized spacial score (nSPS) is 10.6. The van der Waals surface area contributed by atoms with E-state index in [0.29, 0.717) is 17.9 Å². The third kappa shape index (κ3) is 3.77. The van der Waals surface area contributed by atoms with Crippen LogP contribution < -0.4 is 9.47 Å². The van der Waals surface area contributed by atoms with Gasteiger partial charge in [0, 0.05) is 0 Å². The van der Waals surface area contributed by atoms with Crippen LogP contribution >= 0.6 is 15.9 Å². The third-order valence-electron chi connectivity index (χ3n) is 3.56. The van der Waals surface area contributed by atoms with E-state index in [4.69, 9.17) is 9.47 Å². The van der Waals surface area contributed by atoms with Gasteiger partial charge < -0.3 is 9.47 Å². The van der Waals surface area contributed by atoms with Gasteiger partial charge in [-0.05, 0) is 63.5 Å². The first-order valence-electron chi connectivity index (χ1n) is 7.80. The van der Waals surface area contributed by atoms with E-state index in [9.17, 15) is 4.79 Å². The van der Waals surface area contributed by atoms with E-state index in [-0.39, 0.29) is 0 Å². The Kier molecular flexibility index (Phi) is 5.16. The fourth-order valence-corrected chi connectivity index (χ4v) is 2.85. The molecule has 0 bridgehead atoms. The molecule has 4 heteroatoms. The van der Waals surface area contributed by atoms with Gasteiger partial charge in [0.25, 0.3) is 0 Å². The van der Waals surface area contributed by atoms with Gasteiger partial charge in [-0.3, -0.25) is 0 Å². The van der Waals surface area contributed by atoms with Gasteiger partial charge >= 0.3 is 5.97 Å². The van der Waals surface area contributed by atoms with Crippen molar-refractivity contribution in [1.29, 1.82) is 0 Å². The van der Waals surface area contributed by atoms with Gasteiger partial charge in [0.1, 0.15) is 11.5 Å². The summed E-state index contributed by atoms with van der Waals surface area (Å²) >= 11 is 3.43. The number of rotatable bonds is 5. The highest BCUT2D eigenvalue weighted by Gasteiger charge is 2.12. The smallest absolute Gasteiger partial charge is 0.343 e. The lowest BCUT2D eigenvalue weighted by molar-refractivity contribution is 0.0735. The van der Waals surface area contributed by atoms with Crippen molar-refractivity contribution in [1.82, 2.24) is 0 Å². The van der Waals surface area contributed by atoms with Gasteiger partial charge in [0.2, 0.25) is 0 Å². The maximum Gasteiger partial charge on any atom is 0.343 e. The number of esters is 1. The molecule has 0 aliphatic heterocycles. The van der Waals surface area contributed by atoms with Gasteiger partial charge in [0.05, 0.1) is 16.6 Å². The molecule has 0 saturated carbocycles. The van der Waals surface area contributed by atoms with Crippen LogP contribution in [0.15, 0.2) is 65.1 Å². The Labute approximate surface area is 149 Å². The van der Waals surface area contributed by atoms with E-state index in [0.717, 1.165) is 27.4 Å². The maximum absolute atomic E-state index is 12.3. The van der Waals surface area contributed by atoms with Crippen LogP contribution in [-0.2, 0) is 0 Å². The number of ether oxygens (including phenoxy) is 2. The molecule has 0 fully saturated rings. The molecule has 3 aromatic rings. The van der Waals surface area contributed by atoms with Crippen LogP contribution in [0, 0.1) is 0 Å². The van der Waals surface area contributed by atoms with E-state index in [1.807, 2.05) is 43.3 Å². The van der Waals surface area contributed by atoms with Gasteiger partial charge in [-0.25, -0.2) is 4.79 Å². The summed E-state index contributed by atoms with van der Waals surface area (Å²) in [5.41, 5.74) is 0.471. The van der Waals surface area contributed by atoms with E-state index in [2.05, 4.69) is 15.9 Å². The first-order valence-corrected chi connectivity index (χ1v) is 8.60. The summed E-state index contributed by atoms with van der Waals surface area (Å²) in [5, 5.41) is 2.14. The van der Waals surface area contributed by atoms with Crippen LogP contribution in [0.2, 0.25) is 0 Å². The molecule has 0 aliphatic rings. The molecular weight excluding hydrogens is 368 g/mol. The molecule has 0 aliphatic carbocycles. The lowest BCUT2D eigenvalue weighted by atomic mass is 10.1. The predicted molar refractivity (Wildman–Crippen MR) is 98.8 cm³/mol. The van der Waals surface area contributed by atoms with Gasteiger partial charge in [-0.2, -0.15) is 0 Å². The molecule has 0 heterocycles. The minimum atomic E-state index is -0.395. The van der Waals surface area contributed by atoms with Crippen LogP contribution in [0.1, 0.15) is 23.7 Å². The second kappa shape index (κ2) is 7.49. The summed E-state index contributed by atoms with van der Waals surface area (Å²) in [7, 11) is 0. The van der Waals surface area contributed by atoms with Crippen LogP contribution in [0.25, 0.3) is 10.8 Å². The minimum Gasteiger partial charge on any atom is -0.492 e. The molecule has 0 atom stereocenters. The van der Waals surface area contributed by atoms with Crippen molar-refractivity contribution in [2.75, 3.05) is 6.61 Å². The first-order chi connectivity index (χ1) is 11.7. The SMILES string of the molecule is CCCOc1ccc(C(=O)Oc2ccc3ccccc3c2)cc1Br. The van der Waals surface area contributed by atoms with Crippen LogP contribution in [-0.4, -0.2) is 12.6 Å². The summed E-state index contributed by atoms with van der Waals surface area (Å²) in [6, 6.07) is 18.7. The molecule has 0 N–H and O–H groups in total. The average Bonchev–Trinajstić information content (AvgIpc) is 2.60. The Morgan fingerprint density at radius 3 is 2.54 bits per heavy atom. The van der Waals surface area contributed by atoms with E-state index in [1.54, 1.807) is 24.3 Å². The molecule has 0 amide bonds. The van der Waals surface area contributed by atoms with Gasteiger partial charge in [-0.15, -0.1) is 0 Å². The fourth-order valence-electron chi connectivity index (χ4n) is 2.35. The number of carbonyl (C=O) groups is 1. The number of hydrogen-bond acceptors (Lipinski definition) is 3. The summed E-state index contributed by atoms with van der Waals surface area (Å²) in [5.74, 6) is 0.855. The lowest BCUT2D eigenvalue weighted by Crippen LogP contribution is -2.08. The summed E-state index contributed by atoms with van der Waals surface area (Å²) < 4.78 is 11.8. The Balaban J connectivity index is 1.77. The number of hydrogen-bond donors (Lipinski definition) is 0. The highest BCUT2D eigenvalue weighted by atomic mass is 79.9. The zero-order chi connectivity index (χ0) is 16.9. The molecule has 24 heavy (non-hydrogen) atoms. The first kappa shape index (κ1) is 16.5. The molecule has 3 nitrogen and oxygen atoms in total. The molecule has 3 rings (SSSR count). The Morgan fingerprint density at radius 2 is 1.79 bits per heavy atom. The molecule has 0 unspecified atom stereocenters. The Morgan fingerprint density at radius 1 is 1.00 bits per heavy atom. The molecule has 0 aromatic heterocycles. The summed E-state index contributed by atoms with van der Waals surface area (Å²) in [4.78, 5) is 12.3. The monoisotopic (exact) mass is 384 g/mol. The van der Waals surface area contributed by atoms with Crippen LogP contribution in [0.4, 0.5) is 0 Å². The highest BCUT2D eigenvalue weighted by Crippen LogP contribution is 2.27. The molecule has 0 spiro atoms. The van der Waals surface area contributed by atoms with Crippen molar-refractivity contribution in [2.45, 2.75) is 13.3 Å². The highest BCUT2D eigenvalue weighted by molar-refractivity contribution is 9.10. The molecular formula is C20H17BrO3. The molecule has 0 saturated heterocycles. The summed E-state index contributed by atoms with van der Waals surface area (Å²) in [6.45, 7) is 2.68. The second-order valence-corrected chi connectivity index (χ2v) is 6.25. The van der Waals surface area contributed by atoms with E-state index in [1.165, 1.54) is 0 Å². The topological polar surface area (TPSA) is 35.5 Å². The number of fused-ring (bicyclic) bond motifs is 1. The van der Waals surface area contributed by atoms with E-state index >= 15 is 0 Å². The molecule has 3 aromatic carbocycles. The zero-order valence-electron chi connectivity index (χ0n) is 13.3. The Hall–Kier alpha value is -2.33. The van der Waals surface area contributed by atoms with Crippen LogP contribution in [0.3, 0.4) is 0 Å². The maximum atomic E-state index is 12.3. The van der Waals surface area contributed by atoms with Crippen LogP contribution in [0.5, 0.6) is 11.5 Å². The van der Waals surface area contributed by atoms with Gasteiger partial charge in [-0.1, -0.05) is 37.3 Å². The van der Waals surface area contributed by atoms with E-state index < -0.39 is 5.97 Å².